The van der Waals surface area contributed by atoms with Gasteiger partial charge in [-0.25, -0.2) is 0 Å². The van der Waals surface area contributed by atoms with Gasteiger partial charge in [0, 0.05) is 37.8 Å². The van der Waals surface area contributed by atoms with Crippen LogP contribution >= 0.6 is 0 Å². The topological polar surface area (TPSA) is 28.9 Å². The molecule has 0 aliphatic carbocycles. The van der Waals surface area contributed by atoms with Crippen LogP contribution in [0.4, 0.5) is 0 Å². The molecule has 0 radical (unpaired) electrons. The summed E-state index contributed by atoms with van der Waals surface area (Å²) in [5, 5.41) is 0. The lowest BCUT2D eigenvalue weighted by Gasteiger charge is -2.41. The third-order valence-electron chi connectivity index (χ3n) is 5.51. The minimum atomic E-state index is 0.120. The Labute approximate surface area is 127 Å². The lowest BCUT2D eigenvalue weighted by molar-refractivity contribution is -0.0961. The molecule has 116 valence electrons. The van der Waals surface area contributed by atoms with E-state index in [1.54, 1.807) is 6.26 Å². The van der Waals surface area contributed by atoms with Gasteiger partial charge in [0.1, 0.15) is 0 Å². The molecule has 2 atom stereocenters. The van der Waals surface area contributed by atoms with Crippen LogP contribution in [0.1, 0.15) is 37.7 Å². The Balaban J connectivity index is 1.38. The minimum absolute atomic E-state index is 0.120. The molecule has 0 unspecified atom stereocenters. The summed E-state index contributed by atoms with van der Waals surface area (Å²) in [6, 6.07) is 2.83. The maximum absolute atomic E-state index is 6.27. The Kier molecular flexibility index (Phi) is 3.78. The van der Waals surface area contributed by atoms with Crippen molar-refractivity contribution < 1.29 is 9.15 Å². The Morgan fingerprint density at radius 3 is 2.95 bits per heavy atom. The Morgan fingerprint density at radius 2 is 2.14 bits per heavy atom. The first kappa shape index (κ1) is 13.8. The summed E-state index contributed by atoms with van der Waals surface area (Å²) in [6.07, 6.45) is 10.0. The molecular formula is C17H26N2O2. The maximum Gasteiger partial charge on any atom is 0.0947 e. The summed E-state index contributed by atoms with van der Waals surface area (Å²) in [6.45, 7) is 6.79. The fourth-order valence-electron chi connectivity index (χ4n) is 4.41. The van der Waals surface area contributed by atoms with E-state index in [1.807, 2.05) is 6.26 Å². The van der Waals surface area contributed by atoms with E-state index in [9.17, 15) is 0 Å². The minimum Gasteiger partial charge on any atom is -0.472 e. The van der Waals surface area contributed by atoms with Gasteiger partial charge in [-0.2, -0.15) is 0 Å². The number of hydrogen-bond acceptors (Lipinski definition) is 4. The van der Waals surface area contributed by atoms with E-state index < -0.39 is 0 Å². The fraction of sp³-hybridized carbons (Fsp3) is 0.765. The molecule has 0 bridgehead atoms. The summed E-state index contributed by atoms with van der Waals surface area (Å²) in [4.78, 5) is 5.24. The van der Waals surface area contributed by atoms with Gasteiger partial charge in [-0.1, -0.05) is 0 Å². The molecule has 3 aliphatic heterocycles. The van der Waals surface area contributed by atoms with Crippen LogP contribution in [0, 0.1) is 0 Å². The van der Waals surface area contributed by atoms with Crippen molar-refractivity contribution in [3.05, 3.63) is 24.2 Å². The SMILES string of the molecule is c1cc(CN2CC[C@@]3(C[C@@H](N4CCCC4)CCO3)C2)co1. The van der Waals surface area contributed by atoms with Gasteiger partial charge in [0.25, 0.3) is 0 Å². The van der Waals surface area contributed by atoms with Gasteiger partial charge in [-0.05, 0) is 51.3 Å². The first-order chi connectivity index (χ1) is 10.3. The van der Waals surface area contributed by atoms with E-state index in [0.717, 1.165) is 32.3 Å². The van der Waals surface area contributed by atoms with Crippen LogP contribution in [-0.4, -0.2) is 54.2 Å². The number of likely N-dealkylation sites (tertiary alicyclic amines) is 2. The highest BCUT2D eigenvalue weighted by atomic mass is 16.5. The summed E-state index contributed by atoms with van der Waals surface area (Å²) in [7, 11) is 0. The molecule has 3 aliphatic rings. The van der Waals surface area contributed by atoms with Crippen LogP contribution in [0.3, 0.4) is 0 Å². The average Bonchev–Trinajstić information content (AvgIpc) is 3.22. The van der Waals surface area contributed by atoms with Gasteiger partial charge in [-0.15, -0.1) is 0 Å². The van der Waals surface area contributed by atoms with Crippen molar-refractivity contribution in [3.8, 4) is 0 Å². The van der Waals surface area contributed by atoms with Crippen molar-refractivity contribution in [1.82, 2.24) is 9.80 Å². The number of furan rings is 1. The molecule has 1 spiro atoms. The molecule has 3 fully saturated rings. The van der Waals surface area contributed by atoms with E-state index in [1.165, 1.54) is 50.8 Å². The summed E-state index contributed by atoms with van der Waals surface area (Å²) in [5.41, 5.74) is 1.40. The van der Waals surface area contributed by atoms with Gasteiger partial charge >= 0.3 is 0 Å². The summed E-state index contributed by atoms with van der Waals surface area (Å²) < 4.78 is 11.5. The number of rotatable bonds is 3. The predicted octanol–water partition coefficient (Wildman–Crippen LogP) is 2.50. The quantitative estimate of drug-likeness (QED) is 0.855. The van der Waals surface area contributed by atoms with Crippen molar-refractivity contribution in [2.45, 2.75) is 50.3 Å². The van der Waals surface area contributed by atoms with Gasteiger partial charge in [-0.3, -0.25) is 4.90 Å². The Morgan fingerprint density at radius 1 is 1.24 bits per heavy atom. The highest BCUT2D eigenvalue weighted by Gasteiger charge is 2.44. The van der Waals surface area contributed by atoms with Gasteiger partial charge in [0.2, 0.25) is 0 Å². The van der Waals surface area contributed by atoms with Crippen LogP contribution < -0.4 is 0 Å². The first-order valence-electron chi connectivity index (χ1n) is 8.44. The molecule has 4 heteroatoms. The normalized spacial score (nSPS) is 35.0. The van der Waals surface area contributed by atoms with Crippen LogP contribution in [0.2, 0.25) is 0 Å². The maximum atomic E-state index is 6.27. The molecule has 4 heterocycles. The van der Waals surface area contributed by atoms with Crippen LogP contribution in [0.25, 0.3) is 0 Å². The van der Waals surface area contributed by atoms with Crippen molar-refractivity contribution in [3.63, 3.8) is 0 Å². The van der Waals surface area contributed by atoms with E-state index >= 15 is 0 Å². The summed E-state index contributed by atoms with van der Waals surface area (Å²) >= 11 is 0. The van der Waals surface area contributed by atoms with Gasteiger partial charge < -0.3 is 14.1 Å². The van der Waals surface area contributed by atoms with Gasteiger partial charge in [0.15, 0.2) is 0 Å². The Hall–Kier alpha value is -0.840. The zero-order valence-corrected chi connectivity index (χ0v) is 12.8. The van der Waals surface area contributed by atoms with E-state index in [0.29, 0.717) is 0 Å². The van der Waals surface area contributed by atoms with Crippen molar-refractivity contribution in [1.29, 1.82) is 0 Å². The molecule has 3 saturated heterocycles. The fourth-order valence-corrected chi connectivity index (χ4v) is 4.41. The largest absolute Gasteiger partial charge is 0.472 e. The second kappa shape index (κ2) is 5.75. The van der Waals surface area contributed by atoms with Crippen LogP contribution in [0.5, 0.6) is 0 Å². The molecule has 1 aromatic heterocycles. The summed E-state index contributed by atoms with van der Waals surface area (Å²) in [5.74, 6) is 0. The molecule has 0 aromatic carbocycles. The van der Waals surface area contributed by atoms with E-state index in [2.05, 4.69) is 15.9 Å². The number of nitrogens with zero attached hydrogens (tertiary/aromatic N) is 2. The smallest absolute Gasteiger partial charge is 0.0947 e. The highest BCUT2D eigenvalue weighted by molar-refractivity contribution is 5.07. The monoisotopic (exact) mass is 290 g/mol. The molecule has 0 amide bonds. The number of ether oxygens (including phenoxy) is 1. The van der Waals surface area contributed by atoms with Crippen LogP contribution in [0.15, 0.2) is 23.0 Å². The third kappa shape index (κ3) is 2.89. The van der Waals surface area contributed by atoms with Crippen LogP contribution in [-0.2, 0) is 11.3 Å². The molecule has 0 N–H and O–H groups in total. The zero-order chi connectivity index (χ0) is 14.1. The van der Waals surface area contributed by atoms with Crippen molar-refractivity contribution >= 4 is 0 Å². The molecule has 4 rings (SSSR count). The van der Waals surface area contributed by atoms with E-state index in [4.69, 9.17) is 9.15 Å². The molecule has 21 heavy (non-hydrogen) atoms. The standard InChI is InChI=1S/C17H26N2O2/c1-2-7-19(6-1)16-4-10-21-17(11-16)5-8-18(14-17)12-15-3-9-20-13-15/h3,9,13,16H,1-2,4-8,10-12,14H2/t16-,17+/m0/s1. The third-order valence-corrected chi connectivity index (χ3v) is 5.51. The molecule has 4 nitrogen and oxygen atoms in total. The van der Waals surface area contributed by atoms with Crippen molar-refractivity contribution in [2.75, 3.05) is 32.8 Å². The zero-order valence-electron chi connectivity index (χ0n) is 12.8. The van der Waals surface area contributed by atoms with E-state index in [-0.39, 0.29) is 5.60 Å². The second-order valence-corrected chi connectivity index (χ2v) is 7.01. The number of hydrogen-bond donors (Lipinski definition) is 0. The molecule has 0 saturated carbocycles. The second-order valence-electron chi connectivity index (χ2n) is 7.01. The highest BCUT2D eigenvalue weighted by Crippen LogP contribution is 2.37. The average molecular weight is 290 g/mol. The molecular weight excluding hydrogens is 264 g/mol. The first-order valence-corrected chi connectivity index (χ1v) is 8.44. The Bertz CT molecular complexity index is 455. The predicted molar refractivity (Wildman–Crippen MR) is 81.1 cm³/mol. The lowest BCUT2D eigenvalue weighted by Crippen LogP contribution is -2.49. The molecule has 1 aromatic rings. The van der Waals surface area contributed by atoms with Crippen molar-refractivity contribution in [2.24, 2.45) is 0 Å². The lowest BCUT2D eigenvalue weighted by atomic mass is 9.89. The van der Waals surface area contributed by atoms with Gasteiger partial charge in [0.05, 0.1) is 18.1 Å².